The first-order chi connectivity index (χ1) is 8.56. The van der Waals surface area contributed by atoms with Crippen LogP contribution in [0.1, 0.15) is 42.1 Å². The van der Waals surface area contributed by atoms with Gasteiger partial charge >= 0.3 is 5.97 Å². The Balaban J connectivity index is 1.99. The van der Waals surface area contributed by atoms with E-state index >= 15 is 0 Å². The van der Waals surface area contributed by atoms with E-state index in [0.717, 1.165) is 17.7 Å². The molecule has 0 saturated heterocycles. The number of Topliss-reactive ketones (excluding diaryl/α,β-unsaturated/α-hetero) is 1. The van der Waals surface area contributed by atoms with Crippen molar-refractivity contribution in [2.75, 3.05) is 0 Å². The lowest BCUT2D eigenvalue weighted by Crippen LogP contribution is -2.05. The van der Waals surface area contributed by atoms with E-state index in [0.29, 0.717) is 12.0 Å². The van der Waals surface area contributed by atoms with Crippen molar-refractivity contribution in [1.29, 1.82) is 0 Å². The summed E-state index contributed by atoms with van der Waals surface area (Å²) in [6.45, 7) is 1.99. The highest BCUT2D eigenvalue weighted by Gasteiger charge is 2.20. The molecule has 0 saturated carbocycles. The number of carbonyl (C=O) groups excluding carboxylic acids is 1. The fourth-order valence-electron chi connectivity index (χ4n) is 2.14. The molecule has 1 N–H and O–H groups in total. The van der Waals surface area contributed by atoms with Gasteiger partial charge in [0.05, 0.1) is 0 Å². The molecule has 0 aromatic heterocycles. The van der Waals surface area contributed by atoms with Gasteiger partial charge in [-0.15, -0.1) is 0 Å². The quantitative estimate of drug-likeness (QED) is 0.813. The molecule has 1 unspecified atom stereocenters. The van der Waals surface area contributed by atoms with Gasteiger partial charge < -0.3 is 9.84 Å². The van der Waals surface area contributed by atoms with Crippen LogP contribution in [0.5, 0.6) is 5.75 Å². The summed E-state index contributed by atoms with van der Waals surface area (Å²) in [6, 6.07) is 5.44. The first-order valence-corrected chi connectivity index (χ1v) is 6.11. The molecule has 1 aliphatic rings. The van der Waals surface area contributed by atoms with E-state index in [1.807, 2.05) is 19.1 Å². The van der Waals surface area contributed by atoms with Crippen LogP contribution in [0.25, 0.3) is 0 Å². The molecule has 1 heterocycles. The molecule has 0 radical (unpaired) electrons. The van der Waals surface area contributed by atoms with Gasteiger partial charge in [0.25, 0.3) is 0 Å². The van der Waals surface area contributed by atoms with E-state index in [4.69, 9.17) is 9.84 Å². The maximum Gasteiger partial charge on any atom is 0.303 e. The molecule has 0 aliphatic carbocycles. The maximum atomic E-state index is 11.9. The molecule has 18 heavy (non-hydrogen) atoms. The minimum absolute atomic E-state index is 0.00129. The Bertz CT molecular complexity index is 479. The Kier molecular flexibility index (Phi) is 3.65. The number of hydrogen-bond donors (Lipinski definition) is 1. The molecule has 1 aromatic rings. The van der Waals surface area contributed by atoms with Crippen molar-refractivity contribution in [1.82, 2.24) is 0 Å². The van der Waals surface area contributed by atoms with Crippen molar-refractivity contribution in [3.8, 4) is 5.75 Å². The van der Waals surface area contributed by atoms with Crippen LogP contribution in [0.15, 0.2) is 18.2 Å². The van der Waals surface area contributed by atoms with Gasteiger partial charge in [-0.2, -0.15) is 0 Å². The van der Waals surface area contributed by atoms with Crippen molar-refractivity contribution in [2.24, 2.45) is 0 Å². The van der Waals surface area contributed by atoms with Crippen LogP contribution in [0.4, 0.5) is 0 Å². The SMILES string of the molecule is CC1Cc2cc(C(=O)CCCC(=O)O)ccc2O1. The molecule has 0 amide bonds. The molecule has 0 fully saturated rings. The molecule has 4 nitrogen and oxygen atoms in total. The standard InChI is InChI=1S/C14H16O4/c1-9-7-11-8-10(5-6-13(11)18-9)12(15)3-2-4-14(16)17/h5-6,8-9H,2-4,7H2,1H3,(H,16,17). The zero-order valence-electron chi connectivity index (χ0n) is 10.3. The molecular formula is C14H16O4. The molecule has 1 aliphatic heterocycles. The van der Waals surface area contributed by atoms with Crippen LogP contribution in [0.3, 0.4) is 0 Å². The van der Waals surface area contributed by atoms with E-state index in [-0.39, 0.29) is 24.7 Å². The van der Waals surface area contributed by atoms with Gasteiger partial charge in [0.2, 0.25) is 0 Å². The lowest BCUT2D eigenvalue weighted by molar-refractivity contribution is -0.137. The van der Waals surface area contributed by atoms with Gasteiger partial charge in [-0.1, -0.05) is 0 Å². The van der Waals surface area contributed by atoms with Crippen molar-refractivity contribution < 1.29 is 19.4 Å². The summed E-state index contributed by atoms with van der Waals surface area (Å²) in [5, 5.41) is 8.53. The Morgan fingerprint density at radius 2 is 2.17 bits per heavy atom. The first-order valence-electron chi connectivity index (χ1n) is 6.11. The fourth-order valence-corrected chi connectivity index (χ4v) is 2.14. The van der Waals surface area contributed by atoms with Gasteiger partial charge in [-0.25, -0.2) is 0 Å². The van der Waals surface area contributed by atoms with E-state index in [9.17, 15) is 9.59 Å². The van der Waals surface area contributed by atoms with Crippen molar-refractivity contribution in [3.63, 3.8) is 0 Å². The molecule has 0 spiro atoms. The van der Waals surface area contributed by atoms with Crippen molar-refractivity contribution in [3.05, 3.63) is 29.3 Å². The number of carboxylic acid groups (broad SMARTS) is 1. The second kappa shape index (κ2) is 5.21. The average Bonchev–Trinajstić information content (AvgIpc) is 2.67. The Labute approximate surface area is 106 Å². The third kappa shape index (κ3) is 2.88. The Hall–Kier alpha value is -1.84. The largest absolute Gasteiger partial charge is 0.490 e. The number of fused-ring (bicyclic) bond motifs is 1. The van der Waals surface area contributed by atoms with Gasteiger partial charge in [0.15, 0.2) is 5.78 Å². The molecule has 1 aromatic carbocycles. The predicted octanol–water partition coefficient (Wildman–Crippen LogP) is 2.45. The van der Waals surface area contributed by atoms with Crippen LogP contribution in [-0.4, -0.2) is 23.0 Å². The van der Waals surface area contributed by atoms with Crippen LogP contribution in [-0.2, 0) is 11.2 Å². The highest BCUT2D eigenvalue weighted by atomic mass is 16.5. The maximum absolute atomic E-state index is 11.9. The number of carboxylic acids is 1. The van der Waals surface area contributed by atoms with Gasteiger partial charge in [-0.3, -0.25) is 9.59 Å². The summed E-state index contributed by atoms with van der Waals surface area (Å²) in [6.07, 6.45) is 1.69. The van der Waals surface area contributed by atoms with E-state index in [1.165, 1.54) is 0 Å². The van der Waals surface area contributed by atoms with Gasteiger partial charge in [0, 0.05) is 24.8 Å². The summed E-state index contributed by atoms with van der Waals surface area (Å²) in [4.78, 5) is 22.3. The lowest BCUT2D eigenvalue weighted by Gasteiger charge is -2.03. The van der Waals surface area contributed by atoms with Crippen molar-refractivity contribution >= 4 is 11.8 Å². The molecule has 2 rings (SSSR count). The molecule has 96 valence electrons. The highest BCUT2D eigenvalue weighted by molar-refractivity contribution is 5.96. The zero-order chi connectivity index (χ0) is 13.1. The van der Waals surface area contributed by atoms with E-state index in [2.05, 4.69) is 0 Å². The summed E-state index contributed by atoms with van der Waals surface area (Å²) < 4.78 is 5.57. The van der Waals surface area contributed by atoms with Crippen molar-refractivity contribution in [2.45, 2.75) is 38.7 Å². The first kappa shape index (κ1) is 12.6. The normalized spacial score (nSPS) is 17.1. The number of ether oxygens (including phenoxy) is 1. The highest BCUT2D eigenvalue weighted by Crippen LogP contribution is 2.29. The molecule has 0 bridgehead atoms. The number of rotatable bonds is 5. The Morgan fingerprint density at radius 3 is 2.89 bits per heavy atom. The molecular weight excluding hydrogens is 232 g/mol. The van der Waals surface area contributed by atoms with Crippen LogP contribution in [0.2, 0.25) is 0 Å². The third-order valence-electron chi connectivity index (χ3n) is 3.01. The summed E-state index contributed by atoms with van der Waals surface area (Å²) >= 11 is 0. The fraction of sp³-hybridized carbons (Fsp3) is 0.429. The van der Waals surface area contributed by atoms with Crippen LogP contribution >= 0.6 is 0 Å². The zero-order valence-corrected chi connectivity index (χ0v) is 10.3. The number of aliphatic carboxylic acids is 1. The molecule has 4 heteroatoms. The summed E-state index contributed by atoms with van der Waals surface area (Å²) in [5.41, 5.74) is 1.71. The van der Waals surface area contributed by atoms with Crippen LogP contribution < -0.4 is 4.74 Å². The minimum atomic E-state index is -0.862. The number of benzene rings is 1. The van der Waals surface area contributed by atoms with Crippen LogP contribution in [0, 0.1) is 0 Å². The number of carbonyl (C=O) groups is 2. The van der Waals surface area contributed by atoms with Gasteiger partial charge in [-0.05, 0) is 37.1 Å². The number of ketones is 1. The second-order valence-corrected chi connectivity index (χ2v) is 4.63. The van der Waals surface area contributed by atoms with Gasteiger partial charge in [0.1, 0.15) is 11.9 Å². The van der Waals surface area contributed by atoms with E-state index in [1.54, 1.807) is 6.07 Å². The molecule has 1 atom stereocenters. The summed E-state index contributed by atoms with van der Waals surface area (Å²) in [5.74, 6) is -0.0119. The second-order valence-electron chi connectivity index (χ2n) is 4.63. The Morgan fingerprint density at radius 1 is 1.39 bits per heavy atom. The monoisotopic (exact) mass is 248 g/mol. The predicted molar refractivity (Wildman–Crippen MR) is 66.1 cm³/mol. The topological polar surface area (TPSA) is 63.6 Å². The lowest BCUT2D eigenvalue weighted by atomic mass is 10.0. The smallest absolute Gasteiger partial charge is 0.303 e. The minimum Gasteiger partial charge on any atom is -0.490 e. The average molecular weight is 248 g/mol. The van der Waals surface area contributed by atoms with E-state index < -0.39 is 5.97 Å². The summed E-state index contributed by atoms with van der Waals surface area (Å²) in [7, 11) is 0. The number of hydrogen-bond acceptors (Lipinski definition) is 3. The third-order valence-corrected chi connectivity index (χ3v) is 3.01.